The Morgan fingerprint density at radius 3 is 2.90 bits per heavy atom. The number of anilines is 1. The number of pyridine rings is 1. The molecule has 3 N–H and O–H groups in total. The van der Waals surface area contributed by atoms with Crippen LogP contribution in [0.2, 0.25) is 0 Å². The van der Waals surface area contributed by atoms with Gasteiger partial charge in [-0.25, -0.2) is 0 Å². The maximum Gasteiger partial charge on any atom is 0.224 e. The number of nitrogens with zero attached hydrogens (tertiary/aromatic N) is 1. The van der Waals surface area contributed by atoms with E-state index >= 15 is 0 Å². The average Bonchev–Trinajstić information content (AvgIpc) is 2.52. The van der Waals surface area contributed by atoms with Gasteiger partial charge in [-0.3, -0.25) is 9.78 Å². The number of fused-ring (bicyclic) bond motifs is 1. The minimum Gasteiger partial charge on any atom is -0.330 e. The summed E-state index contributed by atoms with van der Waals surface area (Å²) in [4.78, 5) is 16.4. The SMILES string of the molecule is CCC(CCN)CCC(=O)Nc1cccc2ncccc12. The summed E-state index contributed by atoms with van der Waals surface area (Å²) in [5, 5.41) is 3.97. The molecule has 0 saturated heterocycles. The Balaban J connectivity index is 1.98. The van der Waals surface area contributed by atoms with Crippen LogP contribution in [0.25, 0.3) is 10.9 Å². The Hall–Kier alpha value is -1.94. The standard InChI is InChI=1S/C17H23N3O/c1-2-13(10-11-18)8-9-17(21)20-16-7-3-6-15-14(16)5-4-12-19-15/h3-7,12-13H,2,8-11,18H2,1H3,(H,20,21). The molecule has 0 bridgehead atoms. The number of benzene rings is 1. The number of hydrogen-bond donors (Lipinski definition) is 2. The molecule has 0 radical (unpaired) electrons. The van der Waals surface area contributed by atoms with Crippen LogP contribution >= 0.6 is 0 Å². The number of nitrogens with two attached hydrogens (primary N) is 1. The lowest BCUT2D eigenvalue weighted by atomic mass is 9.96. The molecule has 0 fully saturated rings. The van der Waals surface area contributed by atoms with Crippen LogP contribution in [0.3, 0.4) is 0 Å². The van der Waals surface area contributed by atoms with E-state index < -0.39 is 0 Å². The van der Waals surface area contributed by atoms with Crippen molar-refractivity contribution in [3.63, 3.8) is 0 Å². The summed E-state index contributed by atoms with van der Waals surface area (Å²) in [6, 6.07) is 9.63. The van der Waals surface area contributed by atoms with Gasteiger partial charge < -0.3 is 11.1 Å². The predicted molar refractivity (Wildman–Crippen MR) is 87.1 cm³/mol. The van der Waals surface area contributed by atoms with Crippen molar-refractivity contribution in [1.82, 2.24) is 4.98 Å². The van der Waals surface area contributed by atoms with Gasteiger partial charge >= 0.3 is 0 Å². The van der Waals surface area contributed by atoms with E-state index in [1.165, 1.54) is 0 Å². The Morgan fingerprint density at radius 2 is 2.14 bits per heavy atom. The second-order valence-corrected chi connectivity index (χ2v) is 5.31. The maximum atomic E-state index is 12.1. The van der Waals surface area contributed by atoms with Gasteiger partial charge in [0.2, 0.25) is 5.91 Å². The minimum absolute atomic E-state index is 0.0572. The number of rotatable bonds is 7. The zero-order chi connectivity index (χ0) is 15.1. The number of carbonyl (C=O) groups excluding carboxylic acids is 1. The molecule has 1 unspecified atom stereocenters. The van der Waals surface area contributed by atoms with E-state index in [0.717, 1.165) is 35.9 Å². The maximum absolute atomic E-state index is 12.1. The van der Waals surface area contributed by atoms with Crippen LogP contribution in [0.5, 0.6) is 0 Å². The third kappa shape index (κ3) is 4.26. The first-order chi connectivity index (χ1) is 10.2. The molecule has 1 heterocycles. The zero-order valence-corrected chi connectivity index (χ0v) is 12.5. The van der Waals surface area contributed by atoms with Gasteiger partial charge in [-0.2, -0.15) is 0 Å². The van der Waals surface area contributed by atoms with Gasteiger partial charge in [-0.1, -0.05) is 19.4 Å². The molecule has 0 spiro atoms. The normalized spacial score (nSPS) is 12.3. The summed E-state index contributed by atoms with van der Waals surface area (Å²) in [5.74, 6) is 0.594. The molecular weight excluding hydrogens is 262 g/mol. The van der Waals surface area contributed by atoms with E-state index in [1.807, 2.05) is 30.3 Å². The van der Waals surface area contributed by atoms with E-state index in [0.29, 0.717) is 18.9 Å². The summed E-state index contributed by atoms with van der Waals surface area (Å²) in [5.41, 5.74) is 7.31. The highest BCUT2D eigenvalue weighted by Crippen LogP contribution is 2.22. The van der Waals surface area contributed by atoms with E-state index in [2.05, 4.69) is 17.2 Å². The van der Waals surface area contributed by atoms with Crippen molar-refractivity contribution >= 4 is 22.5 Å². The third-order valence-corrected chi connectivity index (χ3v) is 3.85. The smallest absolute Gasteiger partial charge is 0.224 e. The van der Waals surface area contributed by atoms with E-state index in [9.17, 15) is 4.79 Å². The summed E-state index contributed by atoms with van der Waals surface area (Å²) in [7, 11) is 0. The second-order valence-electron chi connectivity index (χ2n) is 5.31. The van der Waals surface area contributed by atoms with Crippen molar-refractivity contribution in [1.29, 1.82) is 0 Å². The quantitative estimate of drug-likeness (QED) is 0.820. The molecule has 0 saturated carbocycles. The van der Waals surface area contributed by atoms with Gasteiger partial charge in [0, 0.05) is 18.0 Å². The highest BCUT2D eigenvalue weighted by Gasteiger charge is 2.10. The molecular formula is C17H23N3O. The van der Waals surface area contributed by atoms with Crippen LogP contribution in [-0.4, -0.2) is 17.4 Å². The molecule has 0 aliphatic heterocycles. The minimum atomic E-state index is 0.0572. The molecule has 1 amide bonds. The third-order valence-electron chi connectivity index (χ3n) is 3.85. The van der Waals surface area contributed by atoms with E-state index in [1.54, 1.807) is 6.20 Å². The molecule has 2 aromatic rings. The van der Waals surface area contributed by atoms with Gasteiger partial charge in [0.15, 0.2) is 0 Å². The van der Waals surface area contributed by atoms with Crippen LogP contribution < -0.4 is 11.1 Å². The van der Waals surface area contributed by atoms with Crippen molar-refractivity contribution in [3.05, 3.63) is 36.5 Å². The average molecular weight is 285 g/mol. The second kappa shape index (κ2) is 7.74. The first-order valence-electron chi connectivity index (χ1n) is 7.58. The molecule has 4 heteroatoms. The molecule has 1 atom stereocenters. The summed E-state index contributed by atoms with van der Waals surface area (Å²) in [6.45, 7) is 2.84. The van der Waals surface area contributed by atoms with E-state index in [4.69, 9.17) is 5.73 Å². The van der Waals surface area contributed by atoms with Crippen molar-refractivity contribution in [3.8, 4) is 0 Å². The summed E-state index contributed by atoms with van der Waals surface area (Å²) in [6.07, 6.45) is 5.24. The highest BCUT2D eigenvalue weighted by atomic mass is 16.1. The Morgan fingerprint density at radius 1 is 1.29 bits per heavy atom. The van der Waals surface area contributed by atoms with Crippen molar-refractivity contribution in [2.24, 2.45) is 11.7 Å². The predicted octanol–water partition coefficient (Wildman–Crippen LogP) is 3.33. The molecule has 2 rings (SSSR count). The summed E-state index contributed by atoms with van der Waals surface area (Å²) < 4.78 is 0. The first kappa shape index (κ1) is 15.4. The molecule has 1 aromatic heterocycles. The molecule has 1 aromatic carbocycles. The lowest BCUT2D eigenvalue weighted by Gasteiger charge is -2.13. The topological polar surface area (TPSA) is 68.0 Å². The van der Waals surface area contributed by atoms with Crippen molar-refractivity contribution in [2.45, 2.75) is 32.6 Å². The highest BCUT2D eigenvalue weighted by molar-refractivity contribution is 6.00. The number of amides is 1. The molecule has 0 aliphatic carbocycles. The molecule has 21 heavy (non-hydrogen) atoms. The van der Waals surface area contributed by atoms with Gasteiger partial charge in [-0.15, -0.1) is 0 Å². The molecule has 112 valence electrons. The van der Waals surface area contributed by atoms with Gasteiger partial charge in [0.1, 0.15) is 0 Å². The molecule has 4 nitrogen and oxygen atoms in total. The first-order valence-corrected chi connectivity index (χ1v) is 7.58. The largest absolute Gasteiger partial charge is 0.330 e. The summed E-state index contributed by atoms with van der Waals surface area (Å²) >= 11 is 0. The monoisotopic (exact) mass is 285 g/mol. The van der Waals surface area contributed by atoms with Gasteiger partial charge in [-0.05, 0) is 49.6 Å². The van der Waals surface area contributed by atoms with Crippen LogP contribution in [0.1, 0.15) is 32.6 Å². The number of hydrogen-bond acceptors (Lipinski definition) is 3. The lowest BCUT2D eigenvalue weighted by molar-refractivity contribution is -0.116. The number of carbonyl (C=O) groups is 1. The van der Waals surface area contributed by atoms with Crippen LogP contribution in [0.4, 0.5) is 5.69 Å². The van der Waals surface area contributed by atoms with Crippen LogP contribution in [0, 0.1) is 5.92 Å². The fourth-order valence-corrected chi connectivity index (χ4v) is 2.55. The zero-order valence-electron chi connectivity index (χ0n) is 12.5. The number of aromatic nitrogens is 1. The fourth-order valence-electron chi connectivity index (χ4n) is 2.55. The molecule has 0 aliphatic rings. The van der Waals surface area contributed by atoms with Crippen LogP contribution in [0.15, 0.2) is 36.5 Å². The Labute approximate surface area is 125 Å². The van der Waals surface area contributed by atoms with Gasteiger partial charge in [0.05, 0.1) is 11.2 Å². The number of nitrogens with one attached hydrogen (secondary N) is 1. The van der Waals surface area contributed by atoms with Crippen LogP contribution in [-0.2, 0) is 4.79 Å². The Bertz CT molecular complexity index is 592. The lowest BCUT2D eigenvalue weighted by Crippen LogP contribution is -2.15. The van der Waals surface area contributed by atoms with Gasteiger partial charge in [0.25, 0.3) is 0 Å². The Kier molecular flexibility index (Phi) is 5.69. The fraction of sp³-hybridized carbons (Fsp3) is 0.412. The van der Waals surface area contributed by atoms with Crippen molar-refractivity contribution in [2.75, 3.05) is 11.9 Å². The van der Waals surface area contributed by atoms with Crippen molar-refractivity contribution < 1.29 is 4.79 Å². The van der Waals surface area contributed by atoms with E-state index in [-0.39, 0.29) is 5.91 Å².